The van der Waals surface area contributed by atoms with Crippen molar-refractivity contribution in [2.24, 2.45) is 4.99 Å². The number of fused-ring (bicyclic) bond motifs is 1. The van der Waals surface area contributed by atoms with Gasteiger partial charge in [-0.1, -0.05) is 30.1 Å². The number of benzene rings is 1. The third-order valence-corrected chi connectivity index (χ3v) is 6.10. The molecule has 0 N–H and O–H groups in total. The molecule has 0 saturated carbocycles. The fraction of sp³-hybridized carbons (Fsp3) is 0.208. The monoisotopic (exact) mass is 466 g/mol. The van der Waals surface area contributed by atoms with Gasteiger partial charge in [-0.2, -0.15) is 0 Å². The summed E-state index contributed by atoms with van der Waals surface area (Å²) in [7, 11) is 3.06. The molecule has 2 aromatic heterocycles. The van der Waals surface area contributed by atoms with E-state index in [9.17, 15) is 9.59 Å². The van der Waals surface area contributed by atoms with E-state index in [1.807, 2.05) is 0 Å². The first kappa shape index (κ1) is 22.3. The van der Waals surface area contributed by atoms with Crippen LogP contribution in [0.3, 0.4) is 0 Å². The summed E-state index contributed by atoms with van der Waals surface area (Å²) in [5.74, 6) is 0.977. The third-order valence-electron chi connectivity index (χ3n) is 5.11. The highest BCUT2D eigenvalue weighted by molar-refractivity contribution is 7.07. The van der Waals surface area contributed by atoms with Crippen molar-refractivity contribution in [2.45, 2.75) is 13.0 Å². The second kappa shape index (κ2) is 9.33. The van der Waals surface area contributed by atoms with E-state index in [2.05, 4.69) is 11.6 Å². The summed E-state index contributed by atoms with van der Waals surface area (Å²) in [5.41, 5.74) is 1.09. The van der Waals surface area contributed by atoms with Crippen LogP contribution in [-0.4, -0.2) is 31.4 Å². The molecule has 0 aliphatic carbocycles. The van der Waals surface area contributed by atoms with Gasteiger partial charge in [-0.3, -0.25) is 9.36 Å². The lowest BCUT2D eigenvalue weighted by molar-refractivity contribution is -0.138. The Balaban J connectivity index is 1.96. The highest BCUT2D eigenvalue weighted by atomic mass is 32.1. The Morgan fingerprint density at radius 3 is 2.73 bits per heavy atom. The minimum atomic E-state index is -0.767. The Kier molecular flexibility index (Phi) is 6.32. The molecule has 0 fully saturated rings. The summed E-state index contributed by atoms with van der Waals surface area (Å²) in [5, 5.41) is 0. The average Bonchev–Trinajstić information content (AvgIpc) is 3.44. The molecule has 0 spiro atoms. The molecule has 0 radical (unpaired) electrons. The van der Waals surface area contributed by atoms with Crippen LogP contribution in [0.4, 0.5) is 0 Å². The maximum absolute atomic E-state index is 13.5. The van der Waals surface area contributed by atoms with E-state index >= 15 is 0 Å². The molecule has 1 aliphatic heterocycles. The number of methoxy groups -OCH3 is 2. The number of nitrogens with zero attached hydrogens (tertiary/aromatic N) is 2. The quantitative estimate of drug-likeness (QED) is 0.393. The Labute approximate surface area is 193 Å². The van der Waals surface area contributed by atoms with Crippen LogP contribution >= 0.6 is 11.3 Å². The van der Waals surface area contributed by atoms with Gasteiger partial charge in [0.15, 0.2) is 16.3 Å². The molecular formula is C24H22N2O6S. The SMILES string of the molecule is C=CCOC(=O)C1=C(C)N=c2s/c(=C\c3ccco3)c(=O)n2C1c1ccc(OC)c(OC)c1. The second-order valence-corrected chi connectivity index (χ2v) is 8.11. The van der Waals surface area contributed by atoms with Crippen molar-refractivity contribution >= 4 is 23.4 Å². The van der Waals surface area contributed by atoms with E-state index in [1.165, 1.54) is 42.5 Å². The lowest BCUT2D eigenvalue weighted by atomic mass is 9.95. The van der Waals surface area contributed by atoms with Gasteiger partial charge < -0.3 is 18.6 Å². The molecule has 3 heterocycles. The lowest BCUT2D eigenvalue weighted by Gasteiger charge is -2.25. The molecule has 0 saturated heterocycles. The van der Waals surface area contributed by atoms with Crippen LogP contribution in [0.1, 0.15) is 24.3 Å². The Hall–Kier alpha value is -3.85. The molecule has 8 nitrogen and oxygen atoms in total. The normalized spacial score (nSPS) is 15.6. The van der Waals surface area contributed by atoms with Gasteiger partial charge in [0.25, 0.3) is 5.56 Å². The van der Waals surface area contributed by atoms with Crippen LogP contribution in [0.15, 0.2) is 74.7 Å². The Morgan fingerprint density at radius 2 is 2.06 bits per heavy atom. The standard InChI is InChI=1S/C24H22N2O6S/c1-5-10-32-23(28)20-14(2)25-24-26(22(27)19(33-24)13-16-7-6-11-31-16)21(20)15-8-9-17(29-3)18(12-15)30-4/h5-9,11-13,21H,1,10H2,2-4H3/b19-13-. The molecule has 1 atom stereocenters. The molecule has 1 aliphatic rings. The van der Waals surface area contributed by atoms with Crippen molar-refractivity contribution in [1.29, 1.82) is 0 Å². The van der Waals surface area contributed by atoms with E-state index in [4.69, 9.17) is 18.6 Å². The van der Waals surface area contributed by atoms with E-state index in [-0.39, 0.29) is 17.7 Å². The van der Waals surface area contributed by atoms with Crippen molar-refractivity contribution < 1.29 is 23.4 Å². The lowest BCUT2D eigenvalue weighted by Crippen LogP contribution is -2.40. The molecule has 33 heavy (non-hydrogen) atoms. The molecule has 3 aromatic rings. The van der Waals surface area contributed by atoms with Gasteiger partial charge in [0.05, 0.1) is 42.3 Å². The van der Waals surface area contributed by atoms with Crippen molar-refractivity contribution in [3.63, 3.8) is 0 Å². The van der Waals surface area contributed by atoms with Crippen LogP contribution in [-0.2, 0) is 9.53 Å². The van der Waals surface area contributed by atoms with E-state index in [0.717, 1.165) is 0 Å². The van der Waals surface area contributed by atoms with Gasteiger partial charge in [-0.25, -0.2) is 9.79 Å². The fourth-order valence-electron chi connectivity index (χ4n) is 3.64. The van der Waals surface area contributed by atoms with Crippen LogP contribution < -0.4 is 24.4 Å². The van der Waals surface area contributed by atoms with Crippen molar-refractivity contribution in [1.82, 2.24) is 4.57 Å². The topological polar surface area (TPSA) is 92.3 Å². The minimum absolute atomic E-state index is 0.0389. The number of aromatic nitrogens is 1. The number of carbonyl (C=O) groups excluding carboxylic acids is 1. The number of hydrogen-bond donors (Lipinski definition) is 0. The zero-order chi connectivity index (χ0) is 23.5. The molecule has 170 valence electrons. The predicted molar refractivity (Wildman–Crippen MR) is 123 cm³/mol. The Morgan fingerprint density at radius 1 is 1.27 bits per heavy atom. The van der Waals surface area contributed by atoms with Crippen LogP contribution in [0.25, 0.3) is 6.08 Å². The van der Waals surface area contributed by atoms with Gasteiger partial charge in [-0.15, -0.1) is 0 Å². The summed E-state index contributed by atoms with van der Waals surface area (Å²) in [6.45, 7) is 5.35. The van der Waals surface area contributed by atoms with Gasteiger partial charge in [0, 0.05) is 6.08 Å². The van der Waals surface area contributed by atoms with E-state index in [0.29, 0.717) is 37.9 Å². The second-order valence-electron chi connectivity index (χ2n) is 7.10. The predicted octanol–water partition coefficient (Wildman–Crippen LogP) is 2.57. The third kappa shape index (κ3) is 4.14. The zero-order valence-electron chi connectivity index (χ0n) is 18.4. The van der Waals surface area contributed by atoms with E-state index in [1.54, 1.807) is 43.3 Å². The first-order valence-corrected chi connectivity index (χ1v) is 10.9. The van der Waals surface area contributed by atoms with Gasteiger partial charge in [0.1, 0.15) is 12.4 Å². The summed E-state index contributed by atoms with van der Waals surface area (Å²) >= 11 is 1.22. The minimum Gasteiger partial charge on any atom is -0.493 e. The number of carbonyl (C=O) groups is 1. The number of furan rings is 1. The first-order valence-electron chi connectivity index (χ1n) is 10.0. The van der Waals surface area contributed by atoms with Gasteiger partial charge >= 0.3 is 5.97 Å². The fourth-order valence-corrected chi connectivity index (χ4v) is 4.66. The number of hydrogen-bond acceptors (Lipinski definition) is 8. The summed E-state index contributed by atoms with van der Waals surface area (Å²) in [6, 6.07) is 7.99. The number of rotatable bonds is 7. The number of ether oxygens (including phenoxy) is 3. The molecule has 9 heteroatoms. The highest BCUT2D eigenvalue weighted by Gasteiger charge is 2.34. The Bertz CT molecular complexity index is 1410. The van der Waals surface area contributed by atoms with Crippen molar-refractivity contribution in [2.75, 3.05) is 20.8 Å². The maximum atomic E-state index is 13.5. The van der Waals surface area contributed by atoms with Gasteiger partial charge in [-0.05, 0) is 36.8 Å². The molecule has 1 unspecified atom stereocenters. The zero-order valence-corrected chi connectivity index (χ0v) is 19.2. The van der Waals surface area contributed by atoms with Gasteiger partial charge in [0.2, 0.25) is 0 Å². The number of thiazole rings is 1. The molecule has 4 rings (SSSR count). The van der Waals surface area contributed by atoms with Crippen molar-refractivity contribution in [3.8, 4) is 11.5 Å². The van der Waals surface area contributed by atoms with Crippen LogP contribution in [0, 0.1) is 0 Å². The molecule has 0 bridgehead atoms. The summed E-state index contributed by atoms with van der Waals surface area (Å²) < 4.78 is 23.4. The average molecular weight is 467 g/mol. The molecule has 1 aromatic carbocycles. The largest absolute Gasteiger partial charge is 0.493 e. The summed E-state index contributed by atoms with van der Waals surface area (Å²) in [6.07, 6.45) is 4.68. The summed E-state index contributed by atoms with van der Waals surface area (Å²) in [4.78, 5) is 31.5. The molecular weight excluding hydrogens is 444 g/mol. The van der Waals surface area contributed by atoms with Crippen LogP contribution in [0.2, 0.25) is 0 Å². The number of allylic oxidation sites excluding steroid dienone is 1. The number of esters is 1. The highest BCUT2D eigenvalue weighted by Crippen LogP contribution is 2.36. The first-order chi connectivity index (χ1) is 16.0. The molecule has 0 amide bonds. The van der Waals surface area contributed by atoms with E-state index < -0.39 is 12.0 Å². The maximum Gasteiger partial charge on any atom is 0.338 e. The van der Waals surface area contributed by atoms with Crippen molar-refractivity contribution in [3.05, 3.63) is 91.5 Å². The van der Waals surface area contributed by atoms with Crippen LogP contribution in [0.5, 0.6) is 11.5 Å². The smallest absolute Gasteiger partial charge is 0.338 e.